The summed E-state index contributed by atoms with van der Waals surface area (Å²) in [7, 11) is 0. The van der Waals surface area contributed by atoms with Crippen LogP contribution in [0.5, 0.6) is 0 Å². The Morgan fingerprint density at radius 2 is 1.81 bits per heavy atom. The van der Waals surface area contributed by atoms with Crippen LogP contribution in [0.3, 0.4) is 0 Å². The standard InChI is InChI=1S/C23H26N6OS/c1-23(2,3)18-12-10-17(11-13-18)21-26-27-22(29(21)25)31-16-20(30)28(15-7-14-24)19-8-5-4-6-9-19/h4-6,8-13H,7,15-16,25H2,1-3H3. The first-order chi connectivity index (χ1) is 14.8. The first kappa shape index (κ1) is 22.4. The zero-order valence-corrected chi connectivity index (χ0v) is 18.8. The summed E-state index contributed by atoms with van der Waals surface area (Å²) in [5.41, 5.74) is 2.91. The molecule has 0 atom stereocenters. The van der Waals surface area contributed by atoms with Gasteiger partial charge in [0, 0.05) is 17.8 Å². The van der Waals surface area contributed by atoms with Gasteiger partial charge in [-0.2, -0.15) is 5.26 Å². The van der Waals surface area contributed by atoms with Crippen molar-refractivity contribution in [2.45, 2.75) is 37.8 Å². The topological polar surface area (TPSA) is 101 Å². The fourth-order valence-electron chi connectivity index (χ4n) is 3.06. The van der Waals surface area contributed by atoms with E-state index in [1.807, 2.05) is 42.5 Å². The molecule has 0 aliphatic heterocycles. The van der Waals surface area contributed by atoms with E-state index in [0.717, 1.165) is 11.3 Å². The van der Waals surface area contributed by atoms with E-state index in [-0.39, 0.29) is 23.5 Å². The van der Waals surface area contributed by atoms with Crippen LogP contribution in [0, 0.1) is 11.3 Å². The van der Waals surface area contributed by atoms with Crippen molar-refractivity contribution < 1.29 is 4.79 Å². The maximum atomic E-state index is 12.8. The summed E-state index contributed by atoms with van der Waals surface area (Å²) in [6.45, 7) is 6.82. The molecule has 0 saturated carbocycles. The van der Waals surface area contributed by atoms with Gasteiger partial charge in [0.25, 0.3) is 0 Å². The quantitative estimate of drug-likeness (QED) is 0.446. The van der Waals surface area contributed by atoms with E-state index in [2.05, 4.69) is 49.2 Å². The van der Waals surface area contributed by atoms with Gasteiger partial charge in [0.2, 0.25) is 11.1 Å². The fraction of sp³-hybridized carbons (Fsp3) is 0.304. The molecular formula is C23H26N6OS. The van der Waals surface area contributed by atoms with Crippen LogP contribution in [-0.4, -0.2) is 33.1 Å². The summed E-state index contributed by atoms with van der Waals surface area (Å²) < 4.78 is 1.41. The smallest absolute Gasteiger partial charge is 0.237 e. The van der Waals surface area contributed by atoms with Gasteiger partial charge in [-0.1, -0.05) is 75.0 Å². The molecule has 0 fully saturated rings. The molecule has 0 unspecified atom stereocenters. The second-order valence-corrected chi connectivity index (χ2v) is 9.02. The number of anilines is 1. The predicted molar refractivity (Wildman–Crippen MR) is 124 cm³/mol. The number of nitrogen functional groups attached to an aromatic ring is 1. The Morgan fingerprint density at radius 3 is 2.42 bits per heavy atom. The predicted octanol–water partition coefficient (Wildman–Crippen LogP) is 4.00. The summed E-state index contributed by atoms with van der Waals surface area (Å²) in [6, 6.07) is 19.5. The molecule has 160 valence electrons. The van der Waals surface area contributed by atoms with E-state index in [1.54, 1.807) is 4.90 Å². The molecule has 31 heavy (non-hydrogen) atoms. The molecule has 3 aromatic rings. The number of amides is 1. The largest absolute Gasteiger partial charge is 0.335 e. The first-order valence-electron chi connectivity index (χ1n) is 9.98. The minimum atomic E-state index is -0.120. The van der Waals surface area contributed by atoms with Crippen LogP contribution >= 0.6 is 11.8 Å². The van der Waals surface area contributed by atoms with Crippen LogP contribution in [0.1, 0.15) is 32.8 Å². The van der Waals surface area contributed by atoms with Gasteiger partial charge in [-0.05, 0) is 23.1 Å². The van der Waals surface area contributed by atoms with E-state index >= 15 is 0 Å². The van der Waals surface area contributed by atoms with E-state index in [0.29, 0.717) is 17.5 Å². The number of benzene rings is 2. The molecule has 1 heterocycles. The van der Waals surface area contributed by atoms with Crippen LogP contribution in [0.2, 0.25) is 0 Å². The third kappa shape index (κ3) is 5.44. The highest BCUT2D eigenvalue weighted by atomic mass is 32.2. The van der Waals surface area contributed by atoms with Crippen LogP contribution < -0.4 is 10.7 Å². The van der Waals surface area contributed by atoms with Gasteiger partial charge in [0.1, 0.15) is 0 Å². The zero-order chi connectivity index (χ0) is 22.4. The van der Waals surface area contributed by atoms with Crippen molar-refractivity contribution >= 4 is 23.4 Å². The Kier molecular flexibility index (Phi) is 6.98. The highest BCUT2D eigenvalue weighted by Gasteiger charge is 2.19. The van der Waals surface area contributed by atoms with E-state index in [1.165, 1.54) is 22.0 Å². The van der Waals surface area contributed by atoms with Crippen molar-refractivity contribution in [3.63, 3.8) is 0 Å². The minimum absolute atomic E-state index is 0.0620. The molecule has 0 bridgehead atoms. The second kappa shape index (κ2) is 9.67. The summed E-state index contributed by atoms with van der Waals surface area (Å²) in [5, 5.41) is 17.7. The number of thioether (sulfide) groups is 1. The molecule has 3 rings (SSSR count). The molecule has 0 aliphatic rings. The van der Waals surface area contributed by atoms with E-state index < -0.39 is 0 Å². The number of nitriles is 1. The average Bonchev–Trinajstić information content (AvgIpc) is 3.13. The zero-order valence-electron chi connectivity index (χ0n) is 17.9. The highest BCUT2D eigenvalue weighted by molar-refractivity contribution is 7.99. The number of hydrogen-bond acceptors (Lipinski definition) is 6. The summed E-state index contributed by atoms with van der Waals surface area (Å²) in [4.78, 5) is 14.5. The van der Waals surface area contributed by atoms with Crippen molar-refractivity contribution in [3.05, 3.63) is 60.2 Å². The number of nitrogens with zero attached hydrogens (tertiary/aromatic N) is 5. The average molecular weight is 435 g/mol. The Hall–Kier alpha value is -3.31. The third-order valence-corrected chi connectivity index (χ3v) is 5.74. The maximum Gasteiger partial charge on any atom is 0.237 e. The number of aromatic nitrogens is 3. The number of nitrogens with two attached hydrogens (primary N) is 1. The summed E-state index contributed by atoms with van der Waals surface area (Å²) in [5.74, 6) is 6.77. The van der Waals surface area contributed by atoms with Crippen molar-refractivity contribution in [2.24, 2.45) is 0 Å². The SMILES string of the molecule is CC(C)(C)c1ccc(-c2nnc(SCC(=O)N(CCC#N)c3ccccc3)n2N)cc1. The molecule has 0 radical (unpaired) electrons. The van der Waals surface area contributed by atoms with Crippen molar-refractivity contribution in [1.82, 2.24) is 14.9 Å². The van der Waals surface area contributed by atoms with Crippen LogP contribution in [-0.2, 0) is 10.2 Å². The fourth-order valence-corrected chi connectivity index (χ4v) is 3.80. The van der Waals surface area contributed by atoms with Gasteiger partial charge in [-0.25, -0.2) is 4.68 Å². The lowest BCUT2D eigenvalue weighted by atomic mass is 9.87. The Balaban J connectivity index is 1.71. The van der Waals surface area contributed by atoms with Crippen molar-refractivity contribution in [2.75, 3.05) is 23.0 Å². The molecule has 1 aromatic heterocycles. The summed E-state index contributed by atoms with van der Waals surface area (Å²) >= 11 is 1.22. The second-order valence-electron chi connectivity index (χ2n) is 8.08. The number of carbonyl (C=O) groups excluding carboxylic acids is 1. The normalized spacial score (nSPS) is 11.2. The van der Waals surface area contributed by atoms with E-state index in [9.17, 15) is 4.79 Å². The number of para-hydroxylation sites is 1. The lowest BCUT2D eigenvalue weighted by molar-refractivity contribution is -0.116. The van der Waals surface area contributed by atoms with Gasteiger partial charge in [-0.3, -0.25) is 4.79 Å². The van der Waals surface area contributed by atoms with Crippen LogP contribution in [0.15, 0.2) is 59.8 Å². The first-order valence-corrected chi connectivity index (χ1v) is 11.0. The minimum Gasteiger partial charge on any atom is -0.335 e. The van der Waals surface area contributed by atoms with Crippen LogP contribution in [0.4, 0.5) is 5.69 Å². The molecule has 2 aromatic carbocycles. The molecule has 2 N–H and O–H groups in total. The Labute approximate surface area is 186 Å². The molecule has 0 aliphatic carbocycles. The van der Waals surface area contributed by atoms with Gasteiger partial charge in [0.05, 0.1) is 18.2 Å². The highest BCUT2D eigenvalue weighted by Crippen LogP contribution is 2.27. The molecular weight excluding hydrogens is 408 g/mol. The Morgan fingerprint density at radius 1 is 1.13 bits per heavy atom. The van der Waals surface area contributed by atoms with Crippen molar-refractivity contribution in [3.8, 4) is 17.5 Å². The Bertz CT molecular complexity index is 1060. The maximum absolute atomic E-state index is 12.8. The molecule has 8 heteroatoms. The molecule has 1 amide bonds. The van der Waals surface area contributed by atoms with Gasteiger partial charge < -0.3 is 10.7 Å². The van der Waals surface area contributed by atoms with Gasteiger partial charge in [-0.15, -0.1) is 10.2 Å². The number of rotatable bonds is 7. The number of carbonyl (C=O) groups is 1. The monoisotopic (exact) mass is 434 g/mol. The van der Waals surface area contributed by atoms with E-state index in [4.69, 9.17) is 11.1 Å². The molecule has 0 saturated heterocycles. The third-order valence-electron chi connectivity index (χ3n) is 4.81. The summed E-state index contributed by atoms with van der Waals surface area (Å²) in [6.07, 6.45) is 0.257. The lowest BCUT2D eigenvalue weighted by Gasteiger charge is -2.21. The van der Waals surface area contributed by atoms with Crippen LogP contribution in [0.25, 0.3) is 11.4 Å². The van der Waals surface area contributed by atoms with Gasteiger partial charge in [0.15, 0.2) is 5.82 Å². The molecule has 0 spiro atoms. The number of hydrogen-bond donors (Lipinski definition) is 1. The van der Waals surface area contributed by atoms with Crippen molar-refractivity contribution in [1.29, 1.82) is 5.26 Å². The lowest BCUT2D eigenvalue weighted by Crippen LogP contribution is -2.33. The van der Waals surface area contributed by atoms with Gasteiger partial charge >= 0.3 is 0 Å². The molecule has 7 nitrogen and oxygen atoms in total.